The predicted octanol–water partition coefficient (Wildman–Crippen LogP) is 2.19. The van der Waals surface area contributed by atoms with E-state index >= 15 is 0 Å². The van der Waals surface area contributed by atoms with Crippen LogP contribution in [0, 0.1) is 10.1 Å². The molecule has 8 heteroatoms. The van der Waals surface area contributed by atoms with Gasteiger partial charge in [-0.05, 0) is 29.8 Å². The molecule has 2 amide bonds. The summed E-state index contributed by atoms with van der Waals surface area (Å²) in [4.78, 5) is 38.0. The summed E-state index contributed by atoms with van der Waals surface area (Å²) in [6, 6.07) is 7.58. The van der Waals surface area contributed by atoms with Crippen molar-refractivity contribution in [1.29, 1.82) is 0 Å². The number of non-ortho nitro benzene ring substituents is 1. The number of piperazine rings is 1. The van der Waals surface area contributed by atoms with Gasteiger partial charge in [-0.3, -0.25) is 19.7 Å². The van der Waals surface area contributed by atoms with Crippen LogP contribution in [0.5, 0.6) is 0 Å². The number of benzene rings is 1. The molecule has 0 bridgehead atoms. The molecular formula is C18H17N3O5. The zero-order chi connectivity index (χ0) is 18.5. The fraction of sp³-hybridized carbons (Fsp3) is 0.222. The molecule has 1 aromatic heterocycles. The van der Waals surface area contributed by atoms with E-state index in [1.165, 1.54) is 30.7 Å². The summed E-state index contributed by atoms with van der Waals surface area (Å²) >= 11 is 0. The van der Waals surface area contributed by atoms with Crippen LogP contribution in [0.3, 0.4) is 0 Å². The Hall–Kier alpha value is -3.42. The van der Waals surface area contributed by atoms with E-state index in [2.05, 4.69) is 0 Å². The van der Waals surface area contributed by atoms with Gasteiger partial charge in [0.1, 0.15) is 6.26 Å². The Bertz CT molecular complexity index is 819. The van der Waals surface area contributed by atoms with Crippen molar-refractivity contribution in [3.63, 3.8) is 0 Å². The van der Waals surface area contributed by atoms with Crippen LogP contribution in [0.4, 0.5) is 5.69 Å². The Morgan fingerprint density at radius 2 is 1.69 bits per heavy atom. The van der Waals surface area contributed by atoms with Crippen molar-refractivity contribution in [2.75, 3.05) is 26.2 Å². The zero-order valence-electron chi connectivity index (χ0n) is 13.9. The Morgan fingerprint density at radius 1 is 1.04 bits per heavy atom. The number of nitro benzene ring substituents is 1. The highest BCUT2D eigenvalue weighted by molar-refractivity contribution is 5.94. The highest BCUT2D eigenvalue weighted by atomic mass is 16.6. The maximum absolute atomic E-state index is 12.3. The van der Waals surface area contributed by atoms with Crippen molar-refractivity contribution >= 4 is 23.6 Å². The quantitative estimate of drug-likeness (QED) is 0.476. The molecule has 0 N–H and O–H groups in total. The van der Waals surface area contributed by atoms with Crippen LogP contribution in [0.15, 0.2) is 53.4 Å². The maximum atomic E-state index is 12.3. The second kappa shape index (κ2) is 7.64. The zero-order valence-corrected chi connectivity index (χ0v) is 13.9. The third-order valence-electron chi connectivity index (χ3n) is 4.17. The lowest BCUT2D eigenvalue weighted by atomic mass is 10.2. The van der Waals surface area contributed by atoms with Gasteiger partial charge >= 0.3 is 0 Å². The SMILES string of the molecule is O=C(/C=C/c1ccc([N+](=O)[O-])cc1)N1CCN(C(=O)c2ccoc2)CC1. The summed E-state index contributed by atoms with van der Waals surface area (Å²) in [5, 5.41) is 10.6. The Balaban J connectivity index is 1.53. The van der Waals surface area contributed by atoms with E-state index in [0.717, 1.165) is 0 Å². The summed E-state index contributed by atoms with van der Waals surface area (Å²) in [6.07, 6.45) is 5.92. The number of nitro groups is 1. The third kappa shape index (κ3) is 3.97. The van der Waals surface area contributed by atoms with Gasteiger partial charge < -0.3 is 14.2 Å². The van der Waals surface area contributed by atoms with Crippen LogP contribution in [-0.4, -0.2) is 52.7 Å². The van der Waals surface area contributed by atoms with E-state index in [1.54, 1.807) is 34.1 Å². The first kappa shape index (κ1) is 17.4. The maximum Gasteiger partial charge on any atom is 0.269 e. The summed E-state index contributed by atoms with van der Waals surface area (Å²) in [5.41, 5.74) is 1.22. The number of nitrogens with zero attached hydrogens (tertiary/aromatic N) is 3. The van der Waals surface area contributed by atoms with Crippen LogP contribution in [0.25, 0.3) is 6.08 Å². The standard InChI is InChI=1S/C18H17N3O5/c22-17(6-3-14-1-4-16(5-2-14)21(24)25)19-8-10-20(11-9-19)18(23)15-7-12-26-13-15/h1-7,12-13H,8-11H2/b6-3+. The molecule has 3 rings (SSSR count). The van der Waals surface area contributed by atoms with Gasteiger partial charge in [0.05, 0.1) is 16.7 Å². The largest absolute Gasteiger partial charge is 0.472 e. The lowest BCUT2D eigenvalue weighted by molar-refractivity contribution is -0.384. The van der Waals surface area contributed by atoms with Crippen LogP contribution in [0.1, 0.15) is 15.9 Å². The molecule has 0 radical (unpaired) electrons. The number of hydrogen-bond donors (Lipinski definition) is 0. The molecule has 8 nitrogen and oxygen atoms in total. The second-order valence-electron chi connectivity index (χ2n) is 5.81. The summed E-state index contributed by atoms with van der Waals surface area (Å²) in [7, 11) is 0. The minimum atomic E-state index is -0.469. The Labute approximate surface area is 149 Å². The first-order valence-electron chi connectivity index (χ1n) is 8.07. The molecule has 26 heavy (non-hydrogen) atoms. The van der Waals surface area contributed by atoms with Crippen molar-refractivity contribution in [3.05, 3.63) is 70.2 Å². The monoisotopic (exact) mass is 355 g/mol. The average molecular weight is 355 g/mol. The number of rotatable bonds is 4. The third-order valence-corrected chi connectivity index (χ3v) is 4.17. The van der Waals surface area contributed by atoms with E-state index in [0.29, 0.717) is 37.3 Å². The molecular weight excluding hydrogens is 338 g/mol. The lowest BCUT2D eigenvalue weighted by Gasteiger charge is -2.34. The van der Waals surface area contributed by atoms with Gasteiger partial charge in [0, 0.05) is 44.4 Å². The van der Waals surface area contributed by atoms with Crippen molar-refractivity contribution in [2.45, 2.75) is 0 Å². The topological polar surface area (TPSA) is 96.9 Å². The van der Waals surface area contributed by atoms with Gasteiger partial charge in [-0.25, -0.2) is 0 Å². The van der Waals surface area contributed by atoms with Gasteiger partial charge in [-0.2, -0.15) is 0 Å². The fourth-order valence-electron chi connectivity index (χ4n) is 2.68. The van der Waals surface area contributed by atoms with Crippen molar-refractivity contribution in [3.8, 4) is 0 Å². The van der Waals surface area contributed by atoms with E-state index < -0.39 is 4.92 Å². The molecule has 2 heterocycles. The fourth-order valence-corrected chi connectivity index (χ4v) is 2.68. The molecule has 0 spiro atoms. The highest BCUT2D eigenvalue weighted by Gasteiger charge is 2.24. The molecule has 1 fully saturated rings. The van der Waals surface area contributed by atoms with Gasteiger partial charge in [0.25, 0.3) is 11.6 Å². The summed E-state index contributed by atoms with van der Waals surface area (Å²) in [5.74, 6) is -0.258. The van der Waals surface area contributed by atoms with Crippen molar-refractivity contribution < 1.29 is 18.9 Å². The molecule has 0 atom stereocenters. The molecule has 134 valence electrons. The number of carbonyl (C=O) groups is 2. The molecule has 0 aliphatic carbocycles. The van der Waals surface area contributed by atoms with Gasteiger partial charge in [-0.1, -0.05) is 0 Å². The molecule has 0 unspecified atom stereocenters. The molecule has 1 aliphatic rings. The average Bonchev–Trinajstić information content (AvgIpc) is 3.20. The lowest BCUT2D eigenvalue weighted by Crippen LogP contribution is -2.50. The van der Waals surface area contributed by atoms with Crippen LogP contribution in [-0.2, 0) is 4.79 Å². The molecule has 1 aromatic carbocycles. The minimum Gasteiger partial charge on any atom is -0.472 e. The number of carbonyl (C=O) groups excluding carboxylic acids is 2. The van der Waals surface area contributed by atoms with E-state index in [4.69, 9.17) is 4.42 Å². The predicted molar refractivity (Wildman–Crippen MR) is 93.3 cm³/mol. The number of furan rings is 1. The van der Waals surface area contributed by atoms with Crippen LogP contribution in [0.2, 0.25) is 0 Å². The smallest absolute Gasteiger partial charge is 0.269 e. The Morgan fingerprint density at radius 3 is 2.27 bits per heavy atom. The molecule has 0 saturated carbocycles. The highest BCUT2D eigenvalue weighted by Crippen LogP contribution is 2.14. The van der Waals surface area contributed by atoms with Crippen molar-refractivity contribution in [1.82, 2.24) is 9.80 Å². The summed E-state index contributed by atoms with van der Waals surface area (Å²) < 4.78 is 4.92. The van der Waals surface area contributed by atoms with Gasteiger partial charge in [-0.15, -0.1) is 0 Å². The van der Waals surface area contributed by atoms with Gasteiger partial charge in [0.15, 0.2) is 0 Å². The van der Waals surface area contributed by atoms with Crippen LogP contribution < -0.4 is 0 Å². The first-order chi connectivity index (χ1) is 12.5. The van der Waals surface area contributed by atoms with Crippen molar-refractivity contribution in [2.24, 2.45) is 0 Å². The first-order valence-corrected chi connectivity index (χ1v) is 8.07. The summed E-state index contributed by atoms with van der Waals surface area (Å²) in [6.45, 7) is 1.82. The molecule has 2 aromatic rings. The van der Waals surface area contributed by atoms with E-state index in [9.17, 15) is 19.7 Å². The normalized spacial score (nSPS) is 14.6. The number of amides is 2. The molecule has 1 saturated heterocycles. The van der Waals surface area contributed by atoms with Crippen LogP contribution >= 0.6 is 0 Å². The second-order valence-corrected chi connectivity index (χ2v) is 5.81. The minimum absolute atomic E-state index is 0.00638. The van der Waals surface area contributed by atoms with E-state index in [-0.39, 0.29) is 17.5 Å². The van der Waals surface area contributed by atoms with Gasteiger partial charge in [0.2, 0.25) is 5.91 Å². The molecule has 1 aliphatic heterocycles. The van der Waals surface area contributed by atoms with E-state index in [1.807, 2.05) is 0 Å². The number of hydrogen-bond acceptors (Lipinski definition) is 5. The Kier molecular flexibility index (Phi) is 5.12.